The number of pyridine rings is 1. The lowest BCUT2D eigenvalue weighted by Gasteiger charge is -2.07. The molecule has 0 atom stereocenters. The van der Waals surface area contributed by atoms with Crippen LogP contribution in [-0.4, -0.2) is 18.4 Å². The summed E-state index contributed by atoms with van der Waals surface area (Å²) in [5, 5.41) is 0.956. The van der Waals surface area contributed by atoms with Crippen LogP contribution in [0.4, 0.5) is 0 Å². The van der Waals surface area contributed by atoms with Crippen molar-refractivity contribution in [1.29, 1.82) is 0 Å². The van der Waals surface area contributed by atoms with Crippen molar-refractivity contribution >= 4 is 17.2 Å². The van der Waals surface area contributed by atoms with E-state index in [1.54, 1.807) is 13.3 Å². The topological polar surface area (TPSA) is 39.2 Å². The molecular formula is C12H11NO2. The number of benzene rings is 1. The SMILES string of the molecule is COc1ccc2cc(C=O)cnc2c1C. The number of aldehydes is 1. The number of ether oxygens (including phenoxy) is 1. The van der Waals surface area contributed by atoms with E-state index in [-0.39, 0.29) is 0 Å². The molecule has 3 heteroatoms. The van der Waals surface area contributed by atoms with Crippen molar-refractivity contribution in [3.05, 3.63) is 35.5 Å². The van der Waals surface area contributed by atoms with E-state index in [4.69, 9.17) is 4.74 Å². The molecule has 0 fully saturated rings. The Hall–Kier alpha value is -1.90. The zero-order chi connectivity index (χ0) is 10.8. The number of hydrogen-bond donors (Lipinski definition) is 0. The largest absolute Gasteiger partial charge is 0.496 e. The number of fused-ring (bicyclic) bond motifs is 1. The normalized spacial score (nSPS) is 10.3. The molecule has 76 valence electrons. The molecule has 1 aromatic heterocycles. The van der Waals surface area contributed by atoms with Crippen LogP contribution in [0.3, 0.4) is 0 Å². The van der Waals surface area contributed by atoms with Crippen LogP contribution in [0.15, 0.2) is 24.4 Å². The predicted octanol–water partition coefficient (Wildman–Crippen LogP) is 2.36. The molecule has 0 bridgehead atoms. The van der Waals surface area contributed by atoms with E-state index < -0.39 is 0 Å². The number of rotatable bonds is 2. The molecule has 0 aliphatic rings. The number of carbonyl (C=O) groups is 1. The monoisotopic (exact) mass is 201 g/mol. The summed E-state index contributed by atoms with van der Waals surface area (Å²) in [4.78, 5) is 14.8. The minimum absolute atomic E-state index is 0.590. The molecule has 1 aromatic carbocycles. The molecule has 2 aromatic rings. The maximum Gasteiger partial charge on any atom is 0.151 e. The van der Waals surface area contributed by atoms with Crippen molar-refractivity contribution in [2.24, 2.45) is 0 Å². The smallest absolute Gasteiger partial charge is 0.151 e. The van der Waals surface area contributed by atoms with E-state index >= 15 is 0 Å². The molecule has 0 saturated heterocycles. The molecule has 2 rings (SSSR count). The van der Waals surface area contributed by atoms with Crippen molar-refractivity contribution in [1.82, 2.24) is 4.98 Å². The fraction of sp³-hybridized carbons (Fsp3) is 0.167. The van der Waals surface area contributed by atoms with E-state index in [0.717, 1.165) is 28.5 Å². The summed E-state index contributed by atoms with van der Waals surface area (Å²) in [6, 6.07) is 5.61. The highest BCUT2D eigenvalue weighted by molar-refractivity contribution is 5.88. The van der Waals surface area contributed by atoms with Gasteiger partial charge in [-0.2, -0.15) is 0 Å². The Labute approximate surface area is 87.7 Å². The zero-order valence-electron chi connectivity index (χ0n) is 8.65. The summed E-state index contributed by atoms with van der Waals surface area (Å²) in [6.07, 6.45) is 2.37. The molecule has 0 unspecified atom stereocenters. The molecule has 0 spiro atoms. The van der Waals surface area contributed by atoms with Gasteiger partial charge in [0.1, 0.15) is 5.75 Å². The van der Waals surface area contributed by atoms with Gasteiger partial charge in [0.05, 0.1) is 12.6 Å². The van der Waals surface area contributed by atoms with Gasteiger partial charge in [-0.3, -0.25) is 9.78 Å². The number of methoxy groups -OCH3 is 1. The quantitative estimate of drug-likeness (QED) is 0.700. The van der Waals surface area contributed by atoms with E-state index in [0.29, 0.717) is 5.56 Å². The second-order valence-corrected chi connectivity index (χ2v) is 3.35. The Morgan fingerprint density at radius 3 is 2.87 bits per heavy atom. The maximum atomic E-state index is 10.6. The van der Waals surface area contributed by atoms with Crippen LogP contribution in [0, 0.1) is 6.92 Å². The average Bonchev–Trinajstić information content (AvgIpc) is 2.29. The molecule has 15 heavy (non-hydrogen) atoms. The molecular weight excluding hydrogens is 190 g/mol. The van der Waals surface area contributed by atoms with Gasteiger partial charge in [0.25, 0.3) is 0 Å². The number of aryl methyl sites for hydroxylation is 1. The first-order valence-electron chi connectivity index (χ1n) is 4.65. The molecule has 0 amide bonds. The van der Waals surface area contributed by atoms with Gasteiger partial charge in [-0.25, -0.2) is 0 Å². The first-order chi connectivity index (χ1) is 7.26. The highest BCUT2D eigenvalue weighted by Crippen LogP contribution is 2.25. The molecule has 3 nitrogen and oxygen atoms in total. The third-order valence-electron chi connectivity index (χ3n) is 2.43. The van der Waals surface area contributed by atoms with Gasteiger partial charge in [-0.15, -0.1) is 0 Å². The fourth-order valence-electron chi connectivity index (χ4n) is 1.63. The van der Waals surface area contributed by atoms with Gasteiger partial charge in [0, 0.05) is 22.7 Å². The second-order valence-electron chi connectivity index (χ2n) is 3.35. The van der Waals surface area contributed by atoms with Crippen molar-refractivity contribution < 1.29 is 9.53 Å². The van der Waals surface area contributed by atoms with E-state index in [9.17, 15) is 4.79 Å². The minimum atomic E-state index is 0.590. The summed E-state index contributed by atoms with van der Waals surface area (Å²) >= 11 is 0. The van der Waals surface area contributed by atoms with Crippen LogP contribution in [0.1, 0.15) is 15.9 Å². The van der Waals surface area contributed by atoms with Gasteiger partial charge in [0.2, 0.25) is 0 Å². The Kier molecular flexibility index (Phi) is 2.37. The van der Waals surface area contributed by atoms with Gasteiger partial charge < -0.3 is 4.74 Å². The Balaban J connectivity index is 2.73. The van der Waals surface area contributed by atoms with Crippen LogP contribution < -0.4 is 4.74 Å². The van der Waals surface area contributed by atoms with Gasteiger partial charge >= 0.3 is 0 Å². The molecule has 0 aliphatic carbocycles. The number of carbonyl (C=O) groups excluding carboxylic acids is 1. The van der Waals surface area contributed by atoms with Crippen LogP contribution in [-0.2, 0) is 0 Å². The third-order valence-corrected chi connectivity index (χ3v) is 2.43. The number of hydrogen-bond acceptors (Lipinski definition) is 3. The first-order valence-corrected chi connectivity index (χ1v) is 4.65. The summed E-state index contributed by atoms with van der Waals surface area (Å²) in [6.45, 7) is 1.95. The zero-order valence-corrected chi connectivity index (χ0v) is 8.65. The van der Waals surface area contributed by atoms with Gasteiger partial charge in [-0.05, 0) is 25.1 Å². The predicted molar refractivity (Wildman–Crippen MR) is 58.4 cm³/mol. The summed E-state index contributed by atoms with van der Waals surface area (Å²) in [5.41, 5.74) is 2.46. The Morgan fingerprint density at radius 1 is 1.40 bits per heavy atom. The second kappa shape index (κ2) is 3.69. The van der Waals surface area contributed by atoms with Gasteiger partial charge in [-0.1, -0.05) is 0 Å². The summed E-state index contributed by atoms with van der Waals surface area (Å²) in [5.74, 6) is 0.814. The van der Waals surface area contributed by atoms with Crippen molar-refractivity contribution in [2.75, 3.05) is 7.11 Å². The standard InChI is InChI=1S/C12H11NO2/c1-8-11(15-2)4-3-10-5-9(7-14)6-13-12(8)10/h3-7H,1-2H3. The molecule has 0 radical (unpaired) electrons. The lowest BCUT2D eigenvalue weighted by molar-refractivity contribution is 0.112. The van der Waals surface area contributed by atoms with E-state index in [1.165, 1.54) is 0 Å². The molecule has 0 saturated carbocycles. The first kappa shape index (κ1) is 9.65. The van der Waals surface area contributed by atoms with Crippen LogP contribution in [0.25, 0.3) is 10.9 Å². The minimum Gasteiger partial charge on any atom is -0.496 e. The highest BCUT2D eigenvalue weighted by Gasteiger charge is 2.05. The molecule has 0 N–H and O–H groups in total. The van der Waals surface area contributed by atoms with E-state index in [2.05, 4.69) is 4.98 Å². The van der Waals surface area contributed by atoms with Crippen LogP contribution >= 0.6 is 0 Å². The fourth-order valence-corrected chi connectivity index (χ4v) is 1.63. The van der Waals surface area contributed by atoms with Crippen molar-refractivity contribution in [3.8, 4) is 5.75 Å². The maximum absolute atomic E-state index is 10.6. The lowest BCUT2D eigenvalue weighted by atomic mass is 10.1. The average molecular weight is 201 g/mol. The summed E-state index contributed by atoms with van der Waals surface area (Å²) in [7, 11) is 1.63. The van der Waals surface area contributed by atoms with Crippen LogP contribution in [0.2, 0.25) is 0 Å². The van der Waals surface area contributed by atoms with Crippen molar-refractivity contribution in [2.45, 2.75) is 6.92 Å². The highest BCUT2D eigenvalue weighted by atomic mass is 16.5. The van der Waals surface area contributed by atoms with Crippen LogP contribution in [0.5, 0.6) is 5.75 Å². The lowest BCUT2D eigenvalue weighted by Crippen LogP contribution is -1.91. The number of nitrogens with zero attached hydrogens (tertiary/aromatic N) is 1. The van der Waals surface area contributed by atoms with E-state index in [1.807, 2.05) is 25.1 Å². The Bertz CT molecular complexity index is 520. The number of aromatic nitrogens is 1. The molecule has 1 heterocycles. The van der Waals surface area contributed by atoms with Gasteiger partial charge in [0.15, 0.2) is 6.29 Å². The Morgan fingerprint density at radius 2 is 2.20 bits per heavy atom. The molecule has 0 aliphatic heterocycles. The van der Waals surface area contributed by atoms with Crippen molar-refractivity contribution in [3.63, 3.8) is 0 Å². The third kappa shape index (κ3) is 1.56. The summed E-state index contributed by atoms with van der Waals surface area (Å²) < 4.78 is 5.20.